The molecule has 52 heavy (non-hydrogen) atoms. The molecule has 2 bridgehead atoms. The lowest BCUT2D eigenvalue weighted by Gasteiger charge is -2.27. The van der Waals surface area contributed by atoms with E-state index in [-0.39, 0.29) is 37.9 Å². The Bertz CT molecular complexity index is 1990. The number of fused-ring (bicyclic) bond motifs is 14. The zero-order valence-corrected chi connectivity index (χ0v) is 29.2. The Morgan fingerprint density at radius 3 is 2.38 bits per heavy atom. The summed E-state index contributed by atoms with van der Waals surface area (Å²) in [5.41, 5.74) is 2.71. The number of hydrogen-bond donors (Lipinski definition) is 4. The number of rotatable bonds is 5. The van der Waals surface area contributed by atoms with Gasteiger partial charge in [-0.25, -0.2) is 14.6 Å². The van der Waals surface area contributed by atoms with Gasteiger partial charge in [-0.2, -0.15) is 5.10 Å². The Morgan fingerprint density at radius 2 is 1.69 bits per heavy atom. The number of aromatic nitrogens is 5. The highest BCUT2D eigenvalue weighted by Crippen LogP contribution is 2.20. The molecule has 7 rings (SSSR count). The van der Waals surface area contributed by atoms with Crippen LogP contribution in [-0.4, -0.2) is 73.2 Å². The summed E-state index contributed by atoms with van der Waals surface area (Å²) in [5.74, 6) is -0.691. The topological polar surface area (TPSA) is 174 Å². The molecule has 0 radical (unpaired) electrons. The van der Waals surface area contributed by atoms with E-state index < -0.39 is 35.8 Å². The van der Waals surface area contributed by atoms with Crippen molar-refractivity contribution in [2.24, 2.45) is 5.92 Å². The van der Waals surface area contributed by atoms with Gasteiger partial charge in [0.2, 0.25) is 17.7 Å². The number of imidazole rings is 1. The molecule has 3 atom stereocenters. The molecule has 5 aromatic rings. The first kappa shape index (κ1) is 35.5. The fourth-order valence-corrected chi connectivity index (χ4v) is 5.81. The zero-order valence-electron chi connectivity index (χ0n) is 29.2. The van der Waals surface area contributed by atoms with Crippen LogP contribution in [0.4, 0.5) is 0 Å². The lowest BCUT2D eigenvalue weighted by atomic mass is 10.00. The van der Waals surface area contributed by atoms with Gasteiger partial charge in [-0.15, -0.1) is 0 Å². The molecular formula is C38H41N9O5. The van der Waals surface area contributed by atoms with Crippen LogP contribution in [-0.2, 0) is 27.3 Å². The molecule has 268 valence electrons. The van der Waals surface area contributed by atoms with E-state index in [1.807, 2.05) is 60.9 Å². The molecule has 0 saturated heterocycles. The molecular weight excluding hydrogens is 662 g/mol. The summed E-state index contributed by atoms with van der Waals surface area (Å²) in [7, 11) is 0. The Hall–Kier alpha value is -6.31. The van der Waals surface area contributed by atoms with Crippen LogP contribution >= 0.6 is 0 Å². The van der Waals surface area contributed by atoms with E-state index in [1.165, 1.54) is 4.68 Å². The molecule has 2 aromatic heterocycles. The van der Waals surface area contributed by atoms with Crippen molar-refractivity contribution in [3.05, 3.63) is 115 Å². The molecule has 2 aliphatic heterocycles. The van der Waals surface area contributed by atoms with Crippen molar-refractivity contribution < 1.29 is 23.9 Å². The molecule has 0 aliphatic carbocycles. The Balaban J connectivity index is 1.27. The standard InChI is InChI=1S/C38H41N9O5/c1-24(2)33-38(51)41-25(3)35-44-34(27-7-5-4-6-8-27)45-47(35)22-32(48)40-18-20-52-30-15-9-26(10-16-30)21-31(37(50)43-33)42-36(49)28-11-13-29(14-12-28)46-19-17-39-23-46/h4-17,19,23-25,31,33H,18,20-22H2,1-3H3,(H,40,48)(H,41,51)(H,42,49)(H,43,50)/t25-,31-,33+/m0/s1. The second kappa shape index (κ2) is 16.1. The SMILES string of the molecule is CC(C)[C@H]1NC(=O)[C@@H](NC(=O)c2ccc(-n3ccnc3)cc2)Cc2ccc(cc2)OCCNC(=O)Cn2nc(-c3ccccc3)nc2[C@H](C)NC1=O. The third-order valence-electron chi connectivity index (χ3n) is 8.63. The lowest BCUT2D eigenvalue weighted by Crippen LogP contribution is -2.56. The van der Waals surface area contributed by atoms with Gasteiger partial charge in [0.1, 0.15) is 36.8 Å². The van der Waals surface area contributed by atoms with E-state index in [2.05, 4.69) is 31.3 Å². The molecule has 3 aromatic carbocycles. The molecule has 0 spiro atoms. The summed E-state index contributed by atoms with van der Waals surface area (Å²) in [6, 6.07) is 20.7. The highest BCUT2D eigenvalue weighted by Gasteiger charge is 2.31. The van der Waals surface area contributed by atoms with Crippen molar-refractivity contribution in [1.82, 2.24) is 45.6 Å². The fourth-order valence-electron chi connectivity index (χ4n) is 5.81. The first-order valence-electron chi connectivity index (χ1n) is 17.1. The maximum absolute atomic E-state index is 14.0. The number of carbonyl (C=O) groups excluding carboxylic acids is 4. The largest absolute Gasteiger partial charge is 0.492 e. The minimum Gasteiger partial charge on any atom is -0.492 e. The summed E-state index contributed by atoms with van der Waals surface area (Å²) in [4.78, 5) is 63.1. The number of hydrogen-bond acceptors (Lipinski definition) is 8. The van der Waals surface area contributed by atoms with E-state index in [0.29, 0.717) is 23.0 Å². The van der Waals surface area contributed by atoms with Crippen molar-refractivity contribution in [1.29, 1.82) is 0 Å². The van der Waals surface area contributed by atoms with Crippen LogP contribution in [0, 0.1) is 5.92 Å². The second-order valence-electron chi connectivity index (χ2n) is 12.9. The van der Waals surface area contributed by atoms with Crippen LogP contribution in [0.15, 0.2) is 97.6 Å². The van der Waals surface area contributed by atoms with E-state index >= 15 is 0 Å². The summed E-state index contributed by atoms with van der Waals surface area (Å²) in [6.07, 6.45) is 5.27. The molecule has 2 aliphatic rings. The van der Waals surface area contributed by atoms with Crippen LogP contribution in [0.3, 0.4) is 0 Å². The van der Waals surface area contributed by atoms with E-state index in [9.17, 15) is 19.2 Å². The first-order valence-corrected chi connectivity index (χ1v) is 17.1. The van der Waals surface area contributed by atoms with Crippen molar-refractivity contribution in [3.63, 3.8) is 0 Å². The van der Waals surface area contributed by atoms with Crippen LogP contribution < -0.4 is 26.0 Å². The number of ether oxygens (including phenoxy) is 1. The summed E-state index contributed by atoms with van der Waals surface area (Å²) in [6.45, 7) is 5.71. The molecule has 14 nitrogen and oxygen atoms in total. The van der Waals surface area contributed by atoms with Gasteiger partial charge in [-0.1, -0.05) is 56.3 Å². The van der Waals surface area contributed by atoms with Gasteiger partial charge < -0.3 is 30.6 Å². The van der Waals surface area contributed by atoms with Crippen LogP contribution in [0.1, 0.15) is 48.6 Å². The molecule has 14 heteroatoms. The first-order chi connectivity index (χ1) is 25.1. The average Bonchev–Trinajstić information content (AvgIpc) is 3.84. The van der Waals surface area contributed by atoms with Crippen molar-refractivity contribution in [3.8, 4) is 22.8 Å². The lowest BCUT2D eigenvalue weighted by molar-refractivity contribution is -0.131. The van der Waals surface area contributed by atoms with Gasteiger partial charge in [0.05, 0.1) is 18.9 Å². The Morgan fingerprint density at radius 1 is 0.942 bits per heavy atom. The maximum atomic E-state index is 14.0. The van der Waals surface area contributed by atoms with Crippen molar-refractivity contribution in [2.45, 2.75) is 51.9 Å². The van der Waals surface area contributed by atoms with Crippen molar-refractivity contribution in [2.75, 3.05) is 13.2 Å². The van der Waals surface area contributed by atoms with Crippen LogP contribution in [0.2, 0.25) is 0 Å². The number of nitrogens with one attached hydrogen (secondary N) is 4. The van der Waals surface area contributed by atoms with Gasteiger partial charge in [0.15, 0.2) is 5.82 Å². The van der Waals surface area contributed by atoms with Gasteiger partial charge in [0, 0.05) is 35.6 Å². The quantitative estimate of drug-likeness (QED) is 0.216. The maximum Gasteiger partial charge on any atom is 0.251 e. The number of benzene rings is 3. The Labute approximate surface area is 301 Å². The van der Waals surface area contributed by atoms with E-state index in [1.54, 1.807) is 62.0 Å². The third kappa shape index (κ3) is 8.70. The van der Waals surface area contributed by atoms with Gasteiger partial charge in [0.25, 0.3) is 5.91 Å². The van der Waals surface area contributed by atoms with Crippen molar-refractivity contribution >= 4 is 23.6 Å². The fraction of sp³-hybridized carbons (Fsp3) is 0.289. The summed E-state index contributed by atoms with van der Waals surface area (Å²) in [5, 5.41) is 16.2. The van der Waals surface area contributed by atoms with Crippen LogP contribution in [0.25, 0.3) is 17.1 Å². The van der Waals surface area contributed by atoms with E-state index in [4.69, 9.17) is 9.72 Å². The monoisotopic (exact) mass is 703 g/mol. The molecule has 0 unspecified atom stereocenters. The molecule has 4 N–H and O–H groups in total. The minimum atomic E-state index is -1.02. The van der Waals surface area contributed by atoms with Crippen LogP contribution in [0.5, 0.6) is 5.75 Å². The normalized spacial score (nSPS) is 18.8. The average molecular weight is 704 g/mol. The summed E-state index contributed by atoms with van der Waals surface area (Å²) < 4.78 is 9.13. The van der Waals surface area contributed by atoms with Gasteiger partial charge in [-0.3, -0.25) is 19.2 Å². The number of amides is 4. The number of nitrogens with zero attached hydrogens (tertiary/aromatic N) is 5. The molecule has 4 heterocycles. The van der Waals surface area contributed by atoms with E-state index in [0.717, 1.165) is 16.8 Å². The highest BCUT2D eigenvalue weighted by molar-refractivity contribution is 5.98. The molecule has 0 saturated carbocycles. The predicted octanol–water partition coefficient (Wildman–Crippen LogP) is 3.00. The summed E-state index contributed by atoms with van der Waals surface area (Å²) >= 11 is 0. The zero-order chi connectivity index (χ0) is 36.6. The second-order valence-corrected chi connectivity index (χ2v) is 12.9. The highest BCUT2D eigenvalue weighted by atomic mass is 16.5. The molecule has 4 amide bonds. The molecule has 0 fully saturated rings. The predicted molar refractivity (Wildman–Crippen MR) is 192 cm³/mol. The third-order valence-corrected chi connectivity index (χ3v) is 8.63. The smallest absolute Gasteiger partial charge is 0.251 e. The van der Waals surface area contributed by atoms with Gasteiger partial charge >= 0.3 is 0 Å². The Kier molecular flexibility index (Phi) is 11.0. The van der Waals surface area contributed by atoms with Gasteiger partial charge in [-0.05, 0) is 54.8 Å². The minimum absolute atomic E-state index is 0.137. The number of carbonyl (C=O) groups is 4.